The van der Waals surface area contributed by atoms with Crippen LogP contribution >= 0.6 is 15.9 Å². The zero-order chi connectivity index (χ0) is 25.8. The Morgan fingerprint density at radius 1 is 0.943 bits per heavy atom. The van der Waals surface area contributed by atoms with Crippen LogP contribution in [-0.2, 0) is 27.7 Å². The van der Waals surface area contributed by atoms with Crippen molar-refractivity contribution in [1.82, 2.24) is 4.31 Å². The molecule has 0 saturated heterocycles. The maximum atomic E-state index is 13.9. The predicted octanol–water partition coefficient (Wildman–Crippen LogP) is 6.12. The Hall–Kier alpha value is -2.48. The lowest BCUT2D eigenvalue weighted by atomic mass is 10.1. The third kappa shape index (κ3) is 6.60. The fraction of sp³-hybridized carbons (Fsp3) is 0.321. The Kier molecular flexibility index (Phi) is 8.91. The number of nitrogens with one attached hydrogen (secondary N) is 1. The summed E-state index contributed by atoms with van der Waals surface area (Å²) < 4.78 is 30.0. The van der Waals surface area contributed by atoms with Crippen LogP contribution in [0.5, 0.6) is 0 Å². The lowest BCUT2D eigenvalue weighted by molar-refractivity contribution is -0.116. The molecule has 1 amide bonds. The molecule has 0 aliphatic rings. The van der Waals surface area contributed by atoms with E-state index in [1.807, 2.05) is 75.4 Å². The molecule has 0 fully saturated rings. The van der Waals surface area contributed by atoms with Gasteiger partial charge in [0.05, 0.1) is 11.4 Å². The number of rotatable bonds is 9. The number of sulfonamides is 1. The SMILES string of the molecule is CCc1cc(Br)cc(C)c1NC(=O)CN(CCc1ccccc1)S(=O)(=O)c1c(C)cc(C)cc1C. The molecule has 0 saturated carbocycles. The highest BCUT2D eigenvalue weighted by Gasteiger charge is 2.30. The molecule has 7 heteroatoms. The van der Waals surface area contributed by atoms with Gasteiger partial charge in [-0.15, -0.1) is 0 Å². The van der Waals surface area contributed by atoms with Crippen molar-refractivity contribution in [2.75, 3.05) is 18.4 Å². The van der Waals surface area contributed by atoms with Crippen molar-refractivity contribution in [1.29, 1.82) is 0 Å². The van der Waals surface area contributed by atoms with Gasteiger partial charge in [-0.25, -0.2) is 8.42 Å². The Labute approximate surface area is 217 Å². The van der Waals surface area contributed by atoms with Gasteiger partial charge in [0.15, 0.2) is 0 Å². The molecular formula is C28H33BrN2O3S. The Morgan fingerprint density at radius 3 is 2.17 bits per heavy atom. The first kappa shape index (κ1) is 27.1. The third-order valence-corrected chi connectivity index (χ3v) is 8.65. The van der Waals surface area contributed by atoms with E-state index in [0.29, 0.717) is 17.5 Å². The number of anilines is 1. The smallest absolute Gasteiger partial charge is 0.244 e. The second kappa shape index (κ2) is 11.5. The molecule has 0 aliphatic carbocycles. The molecule has 186 valence electrons. The summed E-state index contributed by atoms with van der Waals surface area (Å²) >= 11 is 3.51. The van der Waals surface area contributed by atoms with Gasteiger partial charge < -0.3 is 5.32 Å². The van der Waals surface area contributed by atoms with Crippen LogP contribution < -0.4 is 5.32 Å². The van der Waals surface area contributed by atoms with E-state index in [1.54, 1.807) is 13.8 Å². The molecule has 0 bridgehead atoms. The average molecular weight is 558 g/mol. The summed E-state index contributed by atoms with van der Waals surface area (Å²) in [5.74, 6) is -0.357. The van der Waals surface area contributed by atoms with Crippen LogP contribution in [0.1, 0.15) is 40.3 Å². The number of aryl methyl sites for hydroxylation is 5. The zero-order valence-electron chi connectivity index (χ0n) is 21.0. The molecular weight excluding hydrogens is 524 g/mol. The Morgan fingerprint density at radius 2 is 1.57 bits per heavy atom. The monoisotopic (exact) mass is 556 g/mol. The Balaban J connectivity index is 1.94. The van der Waals surface area contributed by atoms with Gasteiger partial charge in [-0.1, -0.05) is 70.9 Å². The molecule has 35 heavy (non-hydrogen) atoms. The third-order valence-electron chi connectivity index (χ3n) is 6.04. The van der Waals surface area contributed by atoms with E-state index >= 15 is 0 Å². The summed E-state index contributed by atoms with van der Waals surface area (Å²) in [7, 11) is -3.90. The minimum absolute atomic E-state index is 0.201. The molecule has 0 radical (unpaired) electrons. The zero-order valence-corrected chi connectivity index (χ0v) is 23.4. The first-order valence-corrected chi connectivity index (χ1v) is 14.0. The van der Waals surface area contributed by atoms with Crippen LogP contribution in [0, 0.1) is 27.7 Å². The van der Waals surface area contributed by atoms with Gasteiger partial charge in [0, 0.05) is 16.7 Å². The first-order chi connectivity index (χ1) is 16.5. The average Bonchev–Trinajstić information content (AvgIpc) is 2.77. The van der Waals surface area contributed by atoms with Crippen LogP contribution in [-0.4, -0.2) is 31.7 Å². The standard InChI is InChI=1S/C28H33BrN2O3S/c1-6-24-17-25(29)16-20(3)27(24)30-26(32)18-31(13-12-23-10-8-7-9-11-23)35(33,34)28-21(4)14-19(2)15-22(28)5/h7-11,14-17H,6,12-13,18H2,1-5H3,(H,30,32). The first-order valence-electron chi connectivity index (χ1n) is 11.7. The van der Waals surface area contributed by atoms with Gasteiger partial charge in [-0.05, 0) is 80.5 Å². The molecule has 0 spiro atoms. The van der Waals surface area contributed by atoms with E-state index < -0.39 is 10.0 Å². The topological polar surface area (TPSA) is 66.5 Å². The van der Waals surface area contributed by atoms with Crippen LogP contribution in [0.25, 0.3) is 0 Å². The molecule has 0 aliphatic heterocycles. The minimum atomic E-state index is -3.90. The molecule has 1 N–H and O–H groups in total. The van der Waals surface area contributed by atoms with Crippen molar-refractivity contribution in [3.05, 3.63) is 92.5 Å². The van der Waals surface area contributed by atoms with Crippen LogP contribution in [0.4, 0.5) is 5.69 Å². The number of halogens is 1. The van der Waals surface area contributed by atoms with E-state index in [4.69, 9.17) is 0 Å². The van der Waals surface area contributed by atoms with Crippen molar-refractivity contribution >= 4 is 37.5 Å². The second-order valence-corrected chi connectivity index (χ2v) is 11.8. The van der Waals surface area contributed by atoms with Crippen molar-refractivity contribution < 1.29 is 13.2 Å². The molecule has 0 atom stereocenters. The molecule has 3 aromatic carbocycles. The molecule has 0 unspecified atom stereocenters. The summed E-state index contributed by atoms with van der Waals surface area (Å²) in [6.07, 6.45) is 1.25. The number of hydrogen-bond donors (Lipinski definition) is 1. The number of hydrogen-bond acceptors (Lipinski definition) is 3. The highest BCUT2D eigenvalue weighted by atomic mass is 79.9. The largest absolute Gasteiger partial charge is 0.324 e. The summed E-state index contributed by atoms with van der Waals surface area (Å²) in [5, 5.41) is 2.98. The Bertz CT molecular complexity index is 1300. The van der Waals surface area contributed by atoms with Crippen LogP contribution in [0.3, 0.4) is 0 Å². The van der Waals surface area contributed by atoms with Gasteiger partial charge in [0.1, 0.15) is 0 Å². The van der Waals surface area contributed by atoms with Crippen LogP contribution in [0.15, 0.2) is 64.0 Å². The lowest BCUT2D eigenvalue weighted by Crippen LogP contribution is -2.40. The summed E-state index contributed by atoms with van der Waals surface area (Å²) in [5.41, 5.74) is 6.05. The van der Waals surface area contributed by atoms with Gasteiger partial charge >= 0.3 is 0 Å². The summed E-state index contributed by atoms with van der Waals surface area (Å²) in [4.78, 5) is 13.5. The van der Waals surface area contributed by atoms with E-state index in [1.165, 1.54) is 4.31 Å². The fourth-order valence-electron chi connectivity index (χ4n) is 4.49. The number of carbonyl (C=O) groups is 1. The maximum Gasteiger partial charge on any atom is 0.244 e. The summed E-state index contributed by atoms with van der Waals surface area (Å²) in [6.45, 7) is 9.46. The second-order valence-electron chi connectivity index (χ2n) is 8.96. The highest BCUT2D eigenvalue weighted by Crippen LogP contribution is 2.28. The normalized spacial score (nSPS) is 11.6. The highest BCUT2D eigenvalue weighted by molar-refractivity contribution is 9.10. The van der Waals surface area contributed by atoms with Crippen molar-refractivity contribution in [3.63, 3.8) is 0 Å². The molecule has 5 nitrogen and oxygen atoms in total. The predicted molar refractivity (Wildman–Crippen MR) is 146 cm³/mol. The number of carbonyl (C=O) groups excluding carboxylic acids is 1. The maximum absolute atomic E-state index is 13.9. The number of nitrogens with zero attached hydrogens (tertiary/aromatic N) is 1. The lowest BCUT2D eigenvalue weighted by Gasteiger charge is -2.25. The molecule has 0 heterocycles. The molecule has 3 rings (SSSR count). The van der Waals surface area contributed by atoms with E-state index in [0.717, 1.165) is 38.8 Å². The molecule has 0 aromatic heterocycles. The number of amides is 1. The van der Waals surface area contributed by atoms with Crippen molar-refractivity contribution in [2.24, 2.45) is 0 Å². The molecule has 3 aromatic rings. The van der Waals surface area contributed by atoms with Gasteiger partial charge in [0.25, 0.3) is 0 Å². The fourth-order valence-corrected chi connectivity index (χ4v) is 6.92. The van der Waals surface area contributed by atoms with Crippen molar-refractivity contribution in [2.45, 2.75) is 52.4 Å². The van der Waals surface area contributed by atoms with Crippen molar-refractivity contribution in [3.8, 4) is 0 Å². The van der Waals surface area contributed by atoms with E-state index in [-0.39, 0.29) is 23.9 Å². The van der Waals surface area contributed by atoms with Gasteiger partial charge in [-0.3, -0.25) is 4.79 Å². The quantitative estimate of drug-likeness (QED) is 0.345. The van der Waals surface area contributed by atoms with E-state index in [2.05, 4.69) is 21.2 Å². The van der Waals surface area contributed by atoms with Gasteiger partial charge in [-0.2, -0.15) is 4.31 Å². The summed E-state index contributed by atoms with van der Waals surface area (Å²) in [6, 6.07) is 17.4. The van der Waals surface area contributed by atoms with E-state index in [9.17, 15) is 13.2 Å². The minimum Gasteiger partial charge on any atom is -0.324 e. The number of benzene rings is 3. The van der Waals surface area contributed by atoms with Crippen LogP contribution in [0.2, 0.25) is 0 Å². The van der Waals surface area contributed by atoms with Gasteiger partial charge in [0.2, 0.25) is 15.9 Å².